The van der Waals surface area contributed by atoms with Gasteiger partial charge in [0.1, 0.15) is 0 Å². The van der Waals surface area contributed by atoms with Crippen molar-refractivity contribution in [3.63, 3.8) is 0 Å². The Morgan fingerprint density at radius 3 is 2.86 bits per heavy atom. The second kappa shape index (κ2) is 7.26. The zero-order chi connectivity index (χ0) is 14.7. The van der Waals surface area contributed by atoms with E-state index in [-0.39, 0.29) is 0 Å². The van der Waals surface area contributed by atoms with Crippen molar-refractivity contribution in [1.29, 1.82) is 0 Å². The van der Waals surface area contributed by atoms with Gasteiger partial charge in [-0.1, -0.05) is 39.5 Å². The maximum Gasteiger partial charge on any atom is 0.0454 e. The van der Waals surface area contributed by atoms with Crippen LogP contribution < -0.4 is 5.32 Å². The van der Waals surface area contributed by atoms with Gasteiger partial charge >= 0.3 is 0 Å². The molecule has 2 aromatic rings. The Labute approximate surface area is 136 Å². The average Bonchev–Trinajstić information content (AvgIpc) is 3.09. The largest absolute Gasteiger partial charge is 0.309 e. The van der Waals surface area contributed by atoms with Crippen LogP contribution >= 0.6 is 22.7 Å². The van der Waals surface area contributed by atoms with Crippen LogP contribution in [0.1, 0.15) is 63.3 Å². The van der Waals surface area contributed by atoms with E-state index in [1.54, 1.807) is 4.88 Å². The molecule has 1 fully saturated rings. The summed E-state index contributed by atoms with van der Waals surface area (Å²) in [7, 11) is 0. The molecular weight excluding hydrogens is 294 g/mol. The molecule has 3 rings (SSSR count). The summed E-state index contributed by atoms with van der Waals surface area (Å²) >= 11 is 3.90. The third-order valence-electron chi connectivity index (χ3n) is 5.00. The molecule has 1 nitrogen and oxygen atoms in total. The molecule has 3 atom stereocenters. The molecule has 1 aliphatic rings. The molecule has 2 aromatic heterocycles. The monoisotopic (exact) mass is 321 g/mol. The summed E-state index contributed by atoms with van der Waals surface area (Å²) in [5, 5.41) is 6.10. The molecule has 0 radical (unpaired) electrons. The van der Waals surface area contributed by atoms with Crippen LogP contribution in [0.3, 0.4) is 0 Å². The van der Waals surface area contributed by atoms with Gasteiger partial charge in [-0.25, -0.2) is 0 Å². The molecule has 0 bridgehead atoms. The van der Waals surface area contributed by atoms with Gasteiger partial charge < -0.3 is 5.32 Å². The number of nitrogens with one attached hydrogen (secondary N) is 1. The van der Waals surface area contributed by atoms with E-state index in [2.05, 4.69) is 36.7 Å². The van der Waals surface area contributed by atoms with Crippen LogP contribution in [0.2, 0.25) is 0 Å². The van der Waals surface area contributed by atoms with Gasteiger partial charge in [0.2, 0.25) is 0 Å². The van der Waals surface area contributed by atoms with E-state index in [9.17, 15) is 0 Å². The molecule has 2 heterocycles. The lowest BCUT2D eigenvalue weighted by atomic mass is 9.73. The van der Waals surface area contributed by atoms with Gasteiger partial charge in [-0.15, -0.1) is 22.7 Å². The Balaban J connectivity index is 1.86. The smallest absolute Gasteiger partial charge is 0.0454 e. The summed E-state index contributed by atoms with van der Waals surface area (Å²) in [4.78, 5) is 1.58. The molecule has 1 saturated carbocycles. The minimum Gasteiger partial charge on any atom is -0.309 e. The van der Waals surface area contributed by atoms with Crippen molar-refractivity contribution in [2.45, 2.75) is 58.4 Å². The summed E-state index contributed by atoms with van der Waals surface area (Å²) in [5.41, 5.74) is 0. The Hall–Kier alpha value is -0.380. The van der Waals surface area contributed by atoms with Crippen LogP contribution in [0, 0.1) is 11.8 Å². The van der Waals surface area contributed by atoms with Crippen LogP contribution in [-0.4, -0.2) is 6.54 Å². The minimum absolute atomic E-state index is 0.583. The van der Waals surface area contributed by atoms with Gasteiger partial charge in [-0.05, 0) is 48.7 Å². The van der Waals surface area contributed by atoms with Crippen LogP contribution in [0.25, 0.3) is 9.40 Å². The highest BCUT2D eigenvalue weighted by atomic mass is 32.1. The lowest BCUT2D eigenvalue weighted by molar-refractivity contribution is 0.177. The molecule has 1 aliphatic carbocycles. The Morgan fingerprint density at radius 2 is 2.10 bits per heavy atom. The van der Waals surface area contributed by atoms with E-state index < -0.39 is 0 Å². The summed E-state index contributed by atoms with van der Waals surface area (Å²) in [6, 6.07) is 5.32. The zero-order valence-corrected chi connectivity index (χ0v) is 14.9. The number of hydrogen-bond acceptors (Lipinski definition) is 3. The third-order valence-corrected chi connectivity index (χ3v) is 7.18. The zero-order valence-electron chi connectivity index (χ0n) is 13.2. The first kappa shape index (κ1) is 15.5. The highest BCUT2D eigenvalue weighted by Gasteiger charge is 2.32. The fraction of sp³-hybridized carbons (Fsp3) is 0.667. The van der Waals surface area contributed by atoms with E-state index in [0.29, 0.717) is 6.04 Å². The molecule has 0 aliphatic heterocycles. The Kier molecular flexibility index (Phi) is 5.36. The fourth-order valence-corrected chi connectivity index (χ4v) is 6.15. The topological polar surface area (TPSA) is 12.0 Å². The molecular formula is C18H27NS2. The number of thiophene rings is 2. The van der Waals surface area contributed by atoms with Crippen LogP contribution in [0.4, 0.5) is 0 Å². The normalized spacial score (nSPS) is 24.5. The van der Waals surface area contributed by atoms with Crippen molar-refractivity contribution in [2.75, 3.05) is 6.54 Å². The second-order valence-corrected chi connectivity index (χ2v) is 8.41. The first-order chi connectivity index (χ1) is 10.3. The van der Waals surface area contributed by atoms with Gasteiger partial charge in [-0.3, -0.25) is 0 Å². The lowest BCUT2D eigenvalue weighted by Gasteiger charge is -2.37. The van der Waals surface area contributed by atoms with E-state index in [1.165, 1.54) is 47.9 Å². The van der Waals surface area contributed by atoms with Gasteiger partial charge in [0.25, 0.3) is 0 Å². The molecule has 1 N–H and O–H groups in total. The van der Waals surface area contributed by atoms with E-state index in [1.807, 2.05) is 22.7 Å². The maximum absolute atomic E-state index is 3.89. The van der Waals surface area contributed by atoms with Crippen molar-refractivity contribution >= 4 is 32.1 Å². The lowest BCUT2D eigenvalue weighted by Crippen LogP contribution is -2.34. The van der Waals surface area contributed by atoms with Gasteiger partial charge in [0, 0.05) is 20.3 Å². The molecule has 3 heteroatoms. The van der Waals surface area contributed by atoms with Crippen LogP contribution in [0.5, 0.6) is 0 Å². The summed E-state index contributed by atoms with van der Waals surface area (Å²) in [5.74, 6) is 1.75. The Morgan fingerprint density at radius 1 is 1.24 bits per heavy atom. The number of hydrogen-bond donors (Lipinski definition) is 1. The highest BCUT2D eigenvalue weighted by molar-refractivity contribution is 7.26. The number of fused-ring (bicyclic) bond motifs is 1. The first-order valence-electron chi connectivity index (χ1n) is 8.53. The first-order valence-corrected chi connectivity index (χ1v) is 10.2. The standard InChI is InChI=1S/C18H27NS2/c1-3-10-19-18(14-8-6-5-7-13(14)4-2)17-12-16-15(21-17)9-11-20-16/h9,11-14,18-19H,3-8,10H2,1-2H3. The molecule has 21 heavy (non-hydrogen) atoms. The average molecular weight is 322 g/mol. The molecule has 0 saturated heterocycles. The second-order valence-electron chi connectivity index (χ2n) is 6.35. The van der Waals surface area contributed by atoms with Gasteiger partial charge in [-0.2, -0.15) is 0 Å². The summed E-state index contributed by atoms with van der Waals surface area (Å²) in [6.07, 6.45) is 8.27. The summed E-state index contributed by atoms with van der Waals surface area (Å²) in [6.45, 7) is 5.80. The van der Waals surface area contributed by atoms with Crippen molar-refractivity contribution in [1.82, 2.24) is 5.32 Å². The van der Waals surface area contributed by atoms with E-state index in [0.717, 1.165) is 18.4 Å². The number of rotatable bonds is 6. The van der Waals surface area contributed by atoms with Gasteiger partial charge in [0.05, 0.1) is 0 Å². The fourth-order valence-electron chi connectivity index (χ4n) is 3.88. The molecule has 0 amide bonds. The quantitative estimate of drug-likeness (QED) is 0.666. The molecule has 0 aromatic carbocycles. The van der Waals surface area contributed by atoms with Gasteiger partial charge in [0.15, 0.2) is 0 Å². The van der Waals surface area contributed by atoms with E-state index >= 15 is 0 Å². The molecule has 116 valence electrons. The van der Waals surface area contributed by atoms with Crippen LogP contribution in [-0.2, 0) is 0 Å². The minimum atomic E-state index is 0.583. The molecule has 0 spiro atoms. The van der Waals surface area contributed by atoms with Crippen molar-refractivity contribution in [3.05, 3.63) is 22.4 Å². The maximum atomic E-state index is 3.89. The van der Waals surface area contributed by atoms with Crippen molar-refractivity contribution in [2.24, 2.45) is 11.8 Å². The highest BCUT2D eigenvalue weighted by Crippen LogP contribution is 2.43. The van der Waals surface area contributed by atoms with Crippen molar-refractivity contribution in [3.8, 4) is 0 Å². The van der Waals surface area contributed by atoms with E-state index in [4.69, 9.17) is 0 Å². The predicted octanol–water partition coefficient (Wildman–Crippen LogP) is 6.22. The van der Waals surface area contributed by atoms with Crippen molar-refractivity contribution < 1.29 is 0 Å². The Bertz CT molecular complexity index is 528. The third kappa shape index (κ3) is 3.35. The molecule has 3 unspecified atom stereocenters. The summed E-state index contributed by atoms with van der Waals surface area (Å²) < 4.78 is 2.95. The van der Waals surface area contributed by atoms with Crippen LogP contribution in [0.15, 0.2) is 17.5 Å². The SMILES string of the molecule is CCCNC(c1cc2sccc2s1)C1CCCCC1CC. The predicted molar refractivity (Wildman–Crippen MR) is 96.5 cm³/mol.